The largest absolute Gasteiger partial charge is 0.376 e. The van der Waals surface area contributed by atoms with Gasteiger partial charge in [0.25, 0.3) is 0 Å². The molecule has 2 atom stereocenters. The molecule has 0 saturated carbocycles. The van der Waals surface area contributed by atoms with E-state index < -0.39 is 0 Å². The molecule has 4 rings (SSSR count). The molecule has 0 spiro atoms. The van der Waals surface area contributed by atoms with Crippen LogP contribution in [-0.4, -0.2) is 59.0 Å². The third-order valence-corrected chi connectivity index (χ3v) is 6.72. The number of thioether (sulfide) groups is 1. The van der Waals surface area contributed by atoms with E-state index in [1.807, 2.05) is 42.0 Å². The number of rotatable bonds is 8. The molecule has 1 aromatic heterocycles. The molecule has 6 nitrogen and oxygen atoms in total. The number of ether oxygens (including phenoxy) is 1. The average Bonchev–Trinajstić information content (AvgIpc) is 3.13. The number of carbonyl (C=O) groups is 1. The molecule has 9 heteroatoms. The minimum atomic E-state index is -0.390. The molecule has 1 aliphatic rings. The molecule has 1 aliphatic heterocycles. The number of morpholine rings is 1. The Morgan fingerprint density at radius 1 is 1.33 bits per heavy atom. The number of carbonyl (C=O) groups excluding carboxylic acids is 1. The number of hydrogen-bond donors (Lipinski definition) is 1. The van der Waals surface area contributed by atoms with E-state index in [-0.39, 0.29) is 37.0 Å². The second-order valence-corrected chi connectivity index (χ2v) is 9.44. The highest BCUT2D eigenvalue weighted by Crippen LogP contribution is 2.31. The van der Waals surface area contributed by atoms with Gasteiger partial charge < -0.3 is 14.6 Å². The van der Waals surface area contributed by atoms with Crippen molar-refractivity contribution in [3.05, 3.63) is 64.7 Å². The van der Waals surface area contributed by atoms with Gasteiger partial charge in [-0.15, -0.1) is 0 Å². The van der Waals surface area contributed by atoms with E-state index in [9.17, 15) is 9.18 Å². The molecular weight excluding hydrogens is 463 g/mol. The van der Waals surface area contributed by atoms with Crippen molar-refractivity contribution in [2.24, 2.45) is 0 Å². The second-order valence-electron chi connectivity index (χ2n) is 8.17. The van der Waals surface area contributed by atoms with Gasteiger partial charge in [0.15, 0.2) is 0 Å². The molecule has 2 unspecified atom stereocenters. The lowest BCUT2D eigenvalue weighted by Gasteiger charge is -2.38. The Balaban J connectivity index is 1.54. The van der Waals surface area contributed by atoms with Crippen molar-refractivity contribution < 1.29 is 13.9 Å². The summed E-state index contributed by atoms with van der Waals surface area (Å²) in [5.74, 6) is 1.04. The lowest BCUT2D eigenvalue weighted by Crippen LogP contribution is -2.47. The molecule has 0 bridgehead atoms. The lowest BCUT2D eigenvalue weighted by atomic mass is 10.0. The Hall–Kier alpha value is -2.13. The van der Waals surface area contributed by atoms with Crippen LogP contribution in [0.3, 0.4) is 0 Å². The van der Waals surface area contributed by atoms with Gasteiger partial charge in [-0.2, -0.15) is 11.8 Å². The quantitative estimate of drug-likeness (QED) is 0.511. The van der Waals surface area contributed by atoms with Crippen molar-refractivity contribution >= 4 is 40.3 Å². The van der Waals surface area contributed by atoms with E-state index in [1.165, 1.54) is 6.07 Å². The van der Waals surface area contributed by atoms with Crippen LogP contribution in [-0.2, 0) is 21.8 Å². The second kappa shape index (κ2) is 10.9. The van der Waals surface area contributed by atoms with Gasteiger partial charge in [-0.05, 0) is 37.4 Å². The van der Waals surface area contributed by atoms with Crippen LogP contribution in [0.1, 0.15) is 24.4 Å². The molecule has 0 aliphatic carbocycles. The SMILES string of the molecule is CSCc1nc2ccccc2n1CC(=O)NCC(c1c(F)cccc1Cl)N1CCOC(C)C1. The maximum absolute atomic E-state index is 14.8. The average molecular weight is 491 g/mol. The number of amides is 1. The summed E-state index contributed by atoms with van der Waals surface area (Å²) >= 11 is 8.06. The summed E-state index contributed by atoms with van der Waals surface area (Å²) < 4.78 is 22.4. The molecule has 0 radical (unpaired) electrons. The summed E-state index contributed by atoms with van der Waals surface area (Å²) in [5, 5.41) is 3.38. The molecule has 1 N–H and O–H groups in total. The van der Waals surface area contributed by atoms with Gasteiger partial charge in [0, 0.05) is 30.2 Å². The number of nitrogens with one attached hydrogen (secondary N) is 1. The van der Waals surface area contributed by atoms with Crippen molar-refractivity contribution in [1.29, 1.82) is 0 Å². The summed E-state index contributed by atoms with van der Waals surface area (Å²) in [6.45, 7) is 4.21. The van der Waals surface area contributed by atoms with E-state index in [0.29, 0.717) is 36.0 Å². The normalized spacial score (nSPS) is 17.9. The van der Waals surface area contributed by atoms with Crippen LogP contribution in [0.15, 0.2) is 42.5 Å². The molecule has 2 heterocycles. The first-order chi connectivity index (χ1) is 16.0. The third-order valence-electron chi connectivity index (χ3n) is 5.85. The van der Waals surface area contributed by atoms with Crippen LogP contribution in [0.25, 0.3) is 11.0 Å². The zero-order valence-corrected chi connectivity index (χ0v) is 20.3. The van der Waals surface area contributed by atoms with Crippen molar-refractivity contribution in [2.45, 2.75) is 31.4 Å². The van der Waals surface area contributed by atoms with Gasteiger partial charge in [-0.3, -0.25) is 9.69 Å². The first-order valence-electron chi connectivity index (χ1n) is 11.0. The highest BCUT2D eigenvalue weighted by Gasteiger charge is 2.29. The smallest absolute Gasteiger partial charge is 0.240 e. The first kappa shape index (κ1) is 24.0. The Bertz CT molecular complexity index is 1100. The minimum Gasteiger partial charge on any atom is -0.376 e. The van der Waals surface area contributed by atoms with Crippen LogP contribution >= 0.6 is 23.4 Å². The van der Waals surface area contributed by atoms with Crippen molar-refractivity contribution in [1.82, 2.24) is 19.8 Å². The van der Waals surface area contributed by atoms with Gasteiger partial charge in [0.2, 0.25) is 5.91 Å². The van der Waals surface area contributed by atoms with Gasteiger partial charge in [0.05, 0.1) is 35.5 Å². The molecule has 176 valence electrons. The molecule has 1 fully saturated rings. The van der Waals surface area contributed by atoms with Crippen LogP contribution in [0.2, 0.25) is 5.02 Å². The summed E-state index contributed by atoms with van der Waals surface area (Å²) in [6.07, 6.45) is 2.03. The van der Waals surface area contributed by atoms with Crippen LogP contribution < -0.4 is 5.32 Å². The predicted molar refractivity (Wildman–Crippen MR) is 131 cm³/mol. The maximum atomic E-state index is 14.8. The third kappa shape index (κ3) is 5.51. The number of aromatic nitrogens is 2. The van der Waals surface area contributed by atoms with E-state index in [4.69, 9.17) is 16.3 Å². The topological polar surface area (TPSA) is 59.4 Å². The van der Waals surface area contributed by atoms with Gasteiger partial charge in [-0.25, -0.2) is 9.37 Å². The predicted octanol–water partition coefficient (Wildman–Crippen LogP) is 4.27. The molecular formula is C24H28ClFN4O2S. The molecule has 33 heavy (non-hydrogen) atoms. The monoisotopic (exact) mass is 490 g/mol. The first-order valence-corrected chi connectivity index (χ1v) is 12.7. The summed E-state index contributed by atoms with van der Waals surface area (Å²) in [6, 6.07) is 12.1. The Morgan fingerprint density at radius 2 is 2.15 bits per heavy atom. The molecule has 3 aromatic rings. The lowest BCUT2D eigenvalue weighted by molar-refractivity contribution is -0.122. The number of imidazole rings is 1. The highest BCUT2D eigenvalue weighted by molar-refractivity contribution is 7.97. The fourth-order valence-electron chi connectivity index (χ4n) is 4.32. The van der Waals surface area contributed by atoms with Crippen molar-refractivity contribution in [3.63, 3.8) is 0 Å². The fraction of sp³-hybridized carbons (Fsp3) is 0.417. The van der Waals surface area contributed by atoms with Gasteiger partial charge in [-0.1, -0.05) is 29.8 Å². The number of benzene rings is 2. The van der Waals surface area contributed by atoms with E-state index in [0.717, 1.165) is 16.9 Å². The van der Waals surface area contributed by atoms with E-state index >= 15 is 0 Å². The Kier molecular flexibility index (Phi) is 7.90. The summed E-state index contributed by atoms with van der Waals surface area (Å²) in [5.41, 5.74) is 2.20. The molecule has 1 amide bonds. The minimum absolute atomic E-state index is 0.0221. The van der Waals surface area contributed by atoms with Gasteiger partial charge in [0.1, 0.15) is 18.2 Å². The Morgan fingerprint density at radius 3 is 2.91 bits per heavy atom. The molecule has 1 saturated heterocycles. The van der Waals surface area contributed by atoms with E-state index in [2.05, 4.69) is 15.2 Å². The molecule has 2 aromatic carbocycles. The van der Waals surface area contributed by atoms with Crippen LogP contribution in [0.4, 0.5) is 4.39 Å². The summed E-state index contributed by atoms with van der Waals surface area (Å²) in [4.78, 5) is 19.8. The van der Waals surface area contributed by atoms with Crippen molar-refractivity contribution in [2.75, 3.05) is 32.5 Å². The number of para-hydroxylation sites is 2. The van der Waals surface area contributed by atoms with E-state index in [1.54, 1.807) is 23.9 Å². The fourth-order valence-corrected chi connectivity index (χ4v) is 5.09. The maximum Gasteiger partial charge on any atom is 0.240 e. The number of halogens is 2. The summed E-state index contributed by atoms with van der Waals surface area (Å²) in [7, 11) is 0. The van der Waals surface area contributed by atoms with Crippen LogP contribution in [0.5, 0.6) is 0 Å². The standard InChI is InChI=1S/C24H28ClFN4O2S/c1-16-13-29(10-11-32-16)21(24-17(25)6-5-7-18(24)26)12-27-23(31)14-30-20-9-4-3-8-19(20)28-22(30)15-33-2/h3-9,16,21H,10-15H2,1-2H3,(H,27,31). The van der Waals surface area contributed by atoms with Crippen LogP contribution in [0, 0.1) is 5.82 Å². The highest BCUT2D eigenvalue weighted by atomic mass is 35.5. The number of hydrogen-bond acceptors (Lipinski definition) is 5. The van der Waals surface area contributed by atoms with Crippen molar-refractivity contribution in [3.8, 4) is 0 Å². The number of nitrogens with zero attached hydrogens (tertiary/aromatic N) is 3. The van der Waals surface area contributed by atoms with Gasteiger partial charge >= 0.3 is 0 Å². The Labute approximate surface area is 202 Å². The zero-order chi connectivity index (χ0) is 23.4. The zero-order valence-electron chi connectivity index (χ0n) is 18.8. The number of fused-ring (bicyclic) bond motifs is 1.